The lowest BCUT2D eigenvalue weighted by Crippen LogP contribution is -2.53. The Morgan fingerprint density at radius 3 is 2.21 bits per heavy atom. The second-order valence-corrected chi connectivity index (χ2v) is 3.97. The molecule has 8 nitrogen and oxygen atoms in total. The van der Waals surface area contributed by atoms with Gasteiger partial charge in [-0.25, -0.2) is 9.59 Å². The number of carbonyl (C=O) groups is 3. The lowest BCUT2D eigenvalue weighted by Gasteiger charge is -2.24. The number of carboxylic acids is 1. The zero-order chi connectivity index (χ0) is 15.0. The highest BCUT2D eigenvalue weighted by Gasteiger charge is 2.27. The molecule has 0 aliphatic rings. The van der Waals surface area contributed by atoms with Crippen LogP contribution in [0.25, 0.3) is 0 Å². The summed E-state index contributed by atoms with van der Waals surface area (Å²) in [5.41, 5.74) is 0. The Bertz CT molecular complexity index is 332. The molecule has 0 rings (SSSR count). The summed E-state index contributed by atoms with van der Waals surface area (Å²) in [6, 6.07) is -2.11. The Balaban J connectivity index is 4.58. The smallest absolute Gasteiger partial charge is 0.328 e. The number of nitrogens with zero attached hydrogens (tertiary/aromatic N) is 1. The van der Waals surface area contributed by atoms with Gasteiger partial charge in [0, 0.05) is 13.1 Å². The van der Waals surface area contributed by atoms with E-state index in [1.54, 1.807) is 13.8 Å². The van der Waals surface area contributed by atoms with E-state index in [-0.39, 0.29) is 19.0 Å². The fourth-order valence-corrected chi connectivity index (χ4v) is 1.37. The van der Waals surface area contributed by atoms with E-state index in [4.69, 9.17) is 5.11 Å². The van der Waals surface area contributed by atoms with E-state index in [0.717, 1.165) is 4.90 Å². The second kappa shape index (κ2) is 8.30. The minimum Gasteiger partial charge on any atom is -0.480 e. The molecule has 0 bridgehead atoms. The highest BCUT2D eigenvalue weighted by molar-refractivity contribution is 5.86. The molecule has 2 atom stereocenters. The van der Waals surface area contributed by atoms with Gasteiger partial charge in [0.05, 0.1) is 6.10 Å². The lowest BCUT2D eigenvalue weighted by molar-refractivity contribution is -0.141. The van der Waals surface area contributed by atoms with Gasteiger partial charge in [0.25, 0.3) is 0 Å². The van der Waals surface area contributed by atoms with E-state index in [9.17, 15) is 19.5 Å². The Morgan fingerprint density at radius 2 is 1.84 bits per heavy atom. The van der Waals surface area contributed by atoms with Crippen molar-refractivity contribution in [3.8, 4) is 0 Å². The van der Waals surface area contributed by atoms with E-state index in [0.29, 0.717) is 6.54 Å². The number of likely N-dealkylation sites (N-methyl/N-ethyl adjacent to an activating group) is 2. The van der Waals surface area contributed by atoms with Crippen LogP contribution in [0.1, 0.15) is 20.8 Å². The zero-order valence-corrected chi connectivity index (χ0v) is 11.3. The molecule has 0 aliphatic carbocycles. The summed E-state index contributed by atoms with van der Waals surface area (Å²) in [7, 11) is 0. The molecule has 4 N–H and O–H groups in total. The standard InChI is InChI=1S/C11H21N3O5/c1-4-12-8(16)6-14(5-2)11(19)13-9(7(3)15)10(17)18/h7,9,15H,4-6H2,1-3H3,(H,12,16)(H,13,19)(H,17,18). The average molecular weight is 275 g/mol. The third-order valence-corrected chi connectivity index (χ3v) is 2.40. The van der Waals surface area contributed by atoms with Crippen LogP contribution in [-0.2, 0) is 9.59 Å². The summed E-state index contributed by atoms with van der Waals surface area (Å²) in [5.74, 6) is -1.67. The quantitative estimate of drug-likeness (QED) is 0.474. The molecule has 0 spiro atoms. The summed E-state index contributed by atoms with van der Waals surface area (Å²) >= 11 is 0. The maximum atomic E-state index is 11.8. The summed E-state index contributed by atoms with van der Waals surface area (Å²) in [6.45, 7) is 5.21. The summed E-state index contributed by atoms with van der Waals surface area (Å²) < 4.78 is 0. The molecule has 0 aliphatic heterocycles. The second-order valence-electron chi connectivity index (χ2n) is 3.97. The minimum absolute atomic E-state index is 0.164. The molecular weight excluding hydrogens is 254 g/mol. The normalized spacial score (nSPS) is 13.3. The molecule has 0 radical (unpaired) electrons. The number of rotatable bonds is 7. The molecule has 19 heavy (non-hydrogen) atoms. The number of hydrogen-bond donors (Lipinski definition) is 4. The maximum absolute atomic E-state index is 11.8. The van der Waals surface area contributed by atoms with Gasteiger partial charge in [0.15, 0.2) is 6.04 Å². The Morgan fingerprint density at radius 1 is 1.26 bits per heavy atom. The largest absolute Gasteiger partial charge is 0.480 e. The van der Waals surface area contributed by atoms with Gasteiger partial charge in [-0.05, 0) is 20.8 Å². The van der Waals surface area contributed by atoms with Crippen molar-refractivity contribution in [1.82, 2.24) is 15.5 Å². The highest BCUT2D eigenvalue weighted by atomic mass is 16.4. The number of carboxylic acid groups (broad SMARTS) is 1. The van der Waals surface area contributed by atoms with Crippen LogP contribution in [0.2, 0.25) is 0 Å². The van der Waals surface area contributed by atoms with Crippen LogP contribution in [-0.4, -0.2) is 64.8 Å². The Kier molecular flexibility index (Phi) is 7.50. The van der Waals surface area contributed by atoms with Crippen LogP contribution in [0.5, 0.6) is 0 Å². The van der Waals surface area contributed by atoms with E-state index in [1.807, 2.05) is 0 Å². The maximum Gasteiger partial charge on any atom is 0.328 e. The first kappa shape index (κ1) is 17.2. The van der Waals surface area contributed by atoms with Gasteiger partial charge in [-0.3, -0.25) is 4.79 Å². The van der Waals surface area contributed by atoms with E-state index in [1.165, 1.54) is 6.92 Å². The molecule has 2 unspecified atom stereocenters. The molecule has 8 heteroatoms. The first-order valence-corrected chi connectivity index (χ1v) is 6.06. The van der Waals surface area contributed by atoms with Crippen molar-refractivity contribution >= 4 is 17.9 Å². The number of carbonyl (C=O) groups excluding carboxylic acids is 2. The van der Waals surface area contributed by atoms with Crippen LogP contribution in [0, 0.1) is 0 Å². The molecule has 3 amide bonds. The molecule has 0 fully saturated rings. The van der Waals surface area contributed by atoms with Crippen molar-refractivity contribution in [2.75, 3.05) is 19.6 Å². The minimum atomic E-state index is -1.41. The first-order valence-electron chi connectivity index (χ1n) is 6.06. The molecule has 0 heterocycles. The van der Waals surface area contributed by atoms with Crippen LogP contribution in [0.4, 0.5) is 4.79 Å². The molecule has 0 saturated carbocycles. The third kappa shape index (κ3) is 6.05. The molecule has 0 aromatic carbocycles. The number of nitrogens with one attached hydrogen (secondary N) is 2. The molecular formula is C11H21N3O5. The first-order chi connectivity index (χ1) is 8.83. The Labute approximate surface area is 111 Å². The monoisotopic (exact) mass is 275 g/mol. The topological polar surface area (TPSA) is 119 Å². The van der Waals surface area contributed by atoms with Gasteiger partial charge >= 0.3 is 12.0 Å². The van der Waals surface area contributed by atoms with Gasteiger partial charge in [-0.1, -0.05) is 0 Å². The lowest BCUT2D eigenvalue weighted by atomic mass is 10.2. The van der Waals surface area contributed by atoms with E-state index in [2.05, 4.69) is 10.6 Å². The highest BCUT2D eigenvalue weighted by Crippen LogP contribution is 1.97. The van der Waals surface area contributed by atoms with Gasteiger partial charge < -0.3 is 25.7 Å². The number of aliphatic hydroxyl groups excluding tert-OH is 1. The van der Waals surface area contributed by atoms with E-state index < -0.39 is 24.1 Å². The number of amides is 3. The number of urea groups is 1. The van der Waals surface area contributed by atoms with Gasteiger partial charge in [0.1, 0.15) is 6.54 Å². The third-order valence-electron chi connectivity index (χ3n) is 2.40. The van der Waals surface area contributed by atoms with Crippen LogP contribution < -0.4 is 10.6 Å². The Hall–Kier alpha value is -1.83. The van der Waals surface area contributed by atoms with Crippen molar-refractivity contribution < 1.29 is 24.6 Å². The summed E-state index contributed by atoms with van der Waals surface area (Å²) in [4.78, 5) is 35.2. The van der Waals surface area contributed by atoms with Crippen molar-refractivity contribution in [1.29, 1.82) is 0 Å². The SMILES string of the molecule is CCNC(=O)CN(CC)C(=O)NC(C(=O)O)C(C)O. The fraction of sp³-hybridized carbons (Fsp3) is 0.727. The van der Waals surface area contributed by atoms with Crippen molar-refractivity contribution in [2.24, 2.45) is 0 Å². The van der Waals surface area contributed by atoms with Gasteiger partial charge in [-0.15, -0.1) is 0 Å². The van der Waals surface area contributed by atoms with Crippen LogP contribution in [0.3, 0.4) is 0 Å². The van der Waals surface area contributed by atoms with Crippen molar-refractivity contribution in [2.45, 2.75) is 32.9 Å². The molecule has 0 aromatic rings. The summed E-state index contributed by atoms with van der Waals surface area (Å²) in [6.07, 6.45) is -1.23. The van der Waals surface area contributed by atoms with Gasteiger partial charge in [-0.2, -0.15) is 0 Å². The predicted octanol–water partition coefficient (Wildman–Crippen LogP) is -1.01. The average Bonchev–Trinajstić information content (AvgIpc) is 2.32. The number of hydrogen-bond acceptors (Lipinski definition) is 4. The molecule has 0 saturated heterocycles. The van der Waals surface area contributed by atoms with E-state index >= 15 is 0 Å². The summed E-state index contributed by atoms with van der Waals surface area (Å²) in [5, 5.41) is 22.8. The fourth-order valence-electron chi connectivity index (χ4n) is 1.37. The molecule has 110 valence electrons. The van der Waals surface area contributed by atoms with Crippen LogP contribution in [0.15, 0.2) is 0 Å². The van der Waals surface area contributed by atoms with Crippen molar-refractivity contribution in [3.63, 3.8) is 0 Å². The van der Waals surface area contributed by atoms with Gasteiger partial charge in [0.2, 0.25) is 5.91 Å². The molecule has 0 aromatic heterocycles. The number of aliphatic carboxylic acids is 1. The zero-order valence-electron chi connectivity index (χ0n) is 11.3. The predicted molar refractivity (Wildman–Crippen MR) is 67.6 cm³/mol. The number of aliphatic hydroxyl groups is 1. The van der Waals surface area contributed by atoms with Crippen molar-refractivity contribution in [3.05, 3.63) is 0 Å². The van der Waals surface area contributed by atoms with Crippen LogP contribution >= 0.6 is 0 Å².